The molecule has 0 amide bonds. The lowest BCUT2D eigenvalue weighted by molar-refractivity contribution is -0.147. The normalized spacial score (nSPS) is 42.3. The molecule has 0 aromatic heterocycles. The van der Waals surface area contributed by atoms with E-state index in [1.807, 2.05) is 0 Å². The Labute approximate surface area is 91.5 Å². The number of likely N-dealkylation sites (tertiary alicyclic amines) is 1. The molecule has 1 N–H and O–H groups in total. The van der Waals surface area contributed by atoms with Crippen LogP contribution in [0.5, 0.6) is 0 Å². The molecule has 2 fully saturated rings. The predicted octanol–water partition coefficient (Wildman–Crippen LogP) is 1.83. The van der Waals surface area contributed by atoms with Gasteiger partial charge in [0.15, 0.2) is 0 Å². The summed E-state index contributed by atoms with van der Waals surface area (Å²) in [5, 5.41) is 8.83. The van der Waals surface area contributed by atoms with Crippen LogP contribution in [0, 0.1) is 17.8 Å². The maximum absolute atomic E-state index is 10.7. The molecule has 1 saturated heterocycles. The van der Waals surface area contributed by atoms with Gasteiger partial charge >= 0.3 is 5.97 Å². The van der Waals surface area contributed by atoms with Crippen molar-refractivity contribution in [2.24, 2.45) is 17.8 Å². The van der Waals surface area contributed by atoms with Crippen molar-refractivity contribution >= 4 is 5.97 Å². The number of carbonyl (C=O) groups is 1. The topological polar surface area (TPSA) is 40.5 Å². The Balaban J connectivity index is 1.83. The third-order valence-electron chi connectivity index (χ3n) is 3.88. The van der Waals surface area contributed by atoms with Gasteiger partial charge in [0.05, 0.1) is 5.92 Å². The molecule has 1 saturated carbocycles. The summed E-state index contributed by atoms with van der Waals surface area (Å²) in [5.41, 5.74) is 0. The third-order valence-corrected chi connectivity index (χ3v) is 3.88. The second-order valence-corrected chi connectivity index (χ2v) is 5.56. The lowest BCUT2D eigenvalue weighted by atomic mass is 9.77. The van der Waals surface area contributed by atoms with Gasteiger partial charge in [-0.1, -0.05) is 13.8 Å². The lowest BCUT2D eigenvalue weighted by Crippen LogP contribution is -2.52. The summed E-state index contributed by atoms with van der Waals surface area (Å²) < 4.78 is 0. The predicted molar refractivity (Wildman–Crippen MR) is 58.7 cm³/mol. The van der Waals surface area contributed by atoms with Crippen LogP contribution in [0.25, 0.3) is 0 Å². The number of rotatable bonds is 2. The zero-order valence-corrected chi connectivity index (χ0v) is 9.65. The van der Waals surface area contributed by atoms with Gasteiger partial charge in [0.1, 0.15) is 0 Å². The summed E-state index contributed by atoms with van der Waals surface area (Å²) in [5.74, 6) is 0.877. The maximum Gasteiger partial charge on any atom is 0.306 e. The summed E-state index contributed by atoms with van der Waals surface area (Å²) in [6.45, 7) is 6.94. The average molecular weight is 211 g/mol. The molecule has 0 aromatic carbocycles. The van der Waals surface area contributed by atoms with Crippen LogP contribution in [-0.4, -0.2) is 35.1 Å². The molecule has 0 spiro atoms. The summed E-state index contributed by atoms with van der Waals surface area (Å²) in [6, 6.07) is 0.552. The average Bonchev–Trinajstić information content (AvgIpc) is 1.97. The fourth-order valence-electron chi connectivity index (χ4n) is 3.10. The highest BCUT2D eigenvalue weighted by atomic mass is 16.4. The lowest BCUT2D eigenvalue weighted by Gasteiger charge is -2.46. The first kappa shape index (κ1) is 10.9. The molecule has 2 atom stereocenters. The van der Waals surface area contributed by atoms with Crippen LogP contribution in [0.3, 0.4) is 0 Å². The highest BCUT2D eigenvalue weighted by Crippen LogP contribution is 2.35. The Morgan fingerprint density at radius 1 is 1.13 bits per heavy atom. The Morgan fingerprint density at radius 2 is 1.67 bits per heavy atom. The van der Waals surface area contributed by atoms with E-state index in [-0.39, 0.29) is 5.92 Å². The number of aliphatic carboxylic acids is 1. The van der Waals surface area contributed by atoms with Crippen LogP contribution < -0.4 is 0 Å². The van der Waals surface area contributed by atoms with Crippen molar-refractivity contribution in [1.82, 2.24) is 4.90 Å². The molecule has 2 rings (SSSR count). The number of hydrogen-bond acceptors (Lipinski definition) is 2. The molecule has 0 radical (unpaired) electrons. The zero-order chi connectivity index (χ0) is 11.0. The van der Waals surface area contributed by atoms with Crippen molar-refractivity contribution in [3.63, 3.8) is 0 Å². The first-order chi connectivity index (χ1) is 7.06. The fourth-order valence-corrected chi connectivity index (χ4v) is 3.10. The Bertz CT molecular complexity index is 238. The number of carboxylic acids is 1. The molecule has 3 nitrogen and oxygen atoms in total. The molecule has 86 valence electrons. The summed E-state index contributed by atoms with van der Waals surface area (Å²) >= 11 is 0. The molecule has 1 aliphatic carbocycles. The highest BCUT2D eigenvalue weighted by Gasteiger charge is 2.39. The van der Waals surface area contributed by atoms with Gasteiger partial charge in [-0.05, 0) is 31.1 Å². The van der Waals surface area contributed by atoms with E-state index in [1.54, 1.807) is 0 Å². The maximum atomic E-state index is 10.7. The van der Waals surface area contributed by atoms with Crippen LogP contribution in [0.15, 0.2) is 0 Å². The van der Waals surface area contributed by atoms with E-state index in [0.717, 1.165) is 24.7 Å². The van der Waals surface area contributed by atoms with Crippen LogP contribution >= 0.6 is 0 Å². The molecule has 2 aliphatic rings. The van der Waals surface area contributed by atoms with E-state index < -0.39 is 5.97 Å². The van der Waals surface area contributed by atoms with Crippen molar-refractivity contribution in [1.29, 1.82) is 0 Å². The standard InChI is InChI=1S/C12H21NO2/c1-8-3-9(2)7-13(6-8)11-4-10(5-11)12(14)15/h8-11H,3-7H2,1-2H3,(H,14,15). The molecule has 1 heterocycles. The van der Waals surface area contributed by atoms with Crippen molar-refractivity contribution < 1.29 is 9.90 Å². The van der Waals surface area contributed by atoms with Crippen LogP contribution in [0.2, 0.25) is 0 Å². The van der Waals surface area contributed by atoms with Crippen LogP contribution in [0.1, 0.15) is 33.1 Å². The van der Waals surface area contributed by atoms with E-state index >= 15 is 0 Å². The van der Waals surface area contributed by atoms with Crippen molar-refractivity contribution in [2.45, 2.75) is 39.2 Å². The van der Waals surface area contributed by atoms with E-state index in [4.69, 9.17) is 5.11 Å². The van der Waals surface area contributed by atoms with Crippen molar-refractivity contribution in [3.05, 3.63) is 0 Å². The van der Waals surface area contributed by atoms with Crippen molar-refractivity contribution in [3.8, 4) is 0 Å². The Kier molecular flexibility index (Phi) is 3.01. The smallest absolute Gasteiger partial charge is 0.306 e. The van der Waals surface area contributed by atoms with Gasteiger partial charge < -0.3 is 5.11 Å². The Hall–Kier alpha value is -0.570. The molecule has 0 aromatic rings. The second-order valence-electron chi connectivity index (χ2n) is 5.56. The van der Waals surface area contributed by atoms with Crippen LogP contribution in [0.4, 0.5) is 0 Å². The van der Waals surface area contributed by atoms with Gasteiger partial charge in [-0.25, -0.2) is 0 Å². The van der Waals surface area contributed by atoms with Gasteiger partial charge in [0, 0.05) is 19.1 Å². The largest absolute Gasteiger partial charge is 0.481 e. The molecule has 2 unspecified atom stereocenters. The quantitative estimate of drug-likeness (QED) is 0.757. The van der Waals surface area contributed by atoms with Gasteiger partial charge in [0.25, 0.3) is 0 Å². The number of nitrogens with zero attached hydrogens (tertiary/aromatic N) is 1. The van der Waals surface area contributed by atoms with Gasteiger partial charge in [0.2, 0.25) is 0 Å². The fraction of sp³-hybridized carbons (Fsp3) is 0.917. The highest BCUT2D eigenvalue weighted by molar-refractivity contribution is 5.71. The van der Waals surface area contributed by atoms with Crippen LogP contribution in [-0.2, 0) is 4.79 Å². The molecule has 1 aliphatic heterocycles. The minimum atomic E-state index is -0.607. The van der Waals surface area contributed by atoms with E-state index in [0.29, 0.717) is 6.04 Å². The van der Waals surface area contributed by atoms with Gasteiger partial charge in [-0.15, -0.1) is 0 Å². The van der Waals surface area contributed by atoms with Gasteiger partial charge in [-0.3, -0.25) is 9.69 Å². The monoisotopic (exact) mass is 211 g/mol. The number of piperidine rings is 1. The van der Waals surface area contributed by atoms with E-state index in [1.165, 1.54) is 19.5 Å². The molecule has 3 heteroatoms. The van der Waals surface area contributed by atoms with E-state index in [2.05, 4.69) is 18.7 Å². The van der Waals surface area contributed by atoms with E-state index in [9.17, 15) is 4.79 Å². The number of hydrogen-bond donors (Lipinski definition) is 1. The van der Waals surface area contributed by atoms with Gasteiger partial charge in [-0.2, -0.15) is 0 Å². The minimum absolute atomic E-state index is 0.0671. The zero-order valence-electron chi connectivity index (χ0n) is 9.65. The number of carboxylic acid groups (broad SMARTS) is 1. The summed E-state index contributed by atoms with van der Waals surface area (Å²) in [4.78, 5) is 13.2. The summed E-state index contributed by atoms with van der Waals surface area (Å²) in [6.07, 6.45) is 3.06. The first-order valence-electron chi connectivity index (χ1n) is 6.03. The SMILES string of the molecule is CC1CC(C)CN(C2CC(C(=O)O)C2)C1. The Morgan fingerprint density at radius 3 is 2.13 bits per heavy atom. The molecule has 15 heavy (non-hydrogen) atoms. The first-order valence-corrected chi connectivity index (χ1v) is 6.03. The minimum Gasteiger partial charge on any atom is -0.481 e. The molecular formula is C12H21NO2. The summed E-state index contributed by atoms with van der Waals surface area (Å²) in [7, 11) is 0. The second kappa shape index (κ2) is 4.12. The van der Waals surface area contributed by atoms with Crippen molar-refractivity contribution in [2.75, 3.05) is 13.1 Å². The molecular weight excluding hydrogens is 190 g/mol. The third kappa shape index (κ3) is 2.33. The molecule has 0 bridgehead atoms.